The Morgan fingerprint density at radius 2 is 1.96 bits per heavy atom. The molecule has 1 fully saturated rings. The van der Waals surface area contributed by atoms with Gasteiger partial charge in [-0.05, 0) is 49.9 Å². The first-order valence-corrected chi connectivity index (χ1v) is 9.57. The fraction of sp³-hybridized carbons (Fsp3) is 0.562. The highest BCUT2D eigenvalue weighted by Crippen LogP contribution is 2.21. The lowest BCUT2D eigenvalue weighted by molar-refractivity contribution is -0.129. The summed E-state index contributed by atoms with van der Waals surface area (Å²) < 4.78 is 30.8. The summed E-state index contributed by atoms with van der Waals surface area (Å²) in [5.74, 6) is -0.170. The summed E-state index contributed by atoms with van der Waals surface area (Å²) in [6, 6.07) is 5.65. The number of carbonyl (C=O) groups is 1. The molecule has 1 N–H and O–H groups in total. The average Bonchev–Trinajstić information content (AvgIpc) is 2.94. The Hall–Kier alpha value is -1.60. The van der Waals surface area contributed by atoms with Crippen molar-refractivity contribution in [1.82, 2.24) is 5.32 Å². The van der Waals surface area contributed by atoms with E-state index in [1.807, 2.05) is 32.0 Å². The predicted molar refractivity (Wildman–Crippen MR) is 90.1 cm³/mol. The van der Waals surface area contributed by atoms with E-state index in [1.54, 1.807) is 0 Å². The standard InChI is InChI=1S/C16H24N2O4S/c1-12-9-13(2)11-14(10-12)18(23(3,20)21)7-6-17-16(19)15-5-4-8-22-15/h9-11,15H,4-8H2,1-3H3,(H,17,19). The van der Waals surface area contributed by atoms with Crippen LogP contribution in [0.3, 0.4) is 0 Å². The Labute approximate surface area is 137 Å². The summed E-state index contributed by atoms with van der Waals surface area (Å²) >= 11 is 0. The van der Waals surface area contributed by atoms with Crippen LogP contribution in [0.5, 0.6) is 0 Å². The van der Waals surface area contributed by atoms with Crippen LogP contribution in [0.1, 0.15) is 24.0 Å². The molecule has 1 aromatic carbocycles. The van der Waals surface area contributed by atoms with E-state index in [9.17, 15) is 13.2 Å². The van der Waals surface area contributed by atoms with Gasteiger partial charge in [0.25, 0.3) is 0 Å². The van der Waals surface area contributed by atoms with Crippen molar-refractivity contribution < 1.29 is 17.9 Å². The smallest absolute Gasteiger partial charge is 0.249 e. The molecule has 128 valence electrons. The Morgan fingerprint density at radius 3 is 2.48 bits per heavy atom. The van der Waals surface area contributed by atoms with Crippen LogP contribution < -0.4 is 9.62 Å². The maximum Gasteiger partial charge on any atom is 0.249 e. The van der Waals surface area contributed by atoms with Crippen molar-refractivity contribution in [2.75, 3.05) is 30.3 Å². The van der Waals surface area contributed by atoms with Gasteiger partial charge in [-0.25, -0.2) is 8.42 Å². The van der Waals surface area contributed by atoms with Gasteiger partial charge in [-0.1, -0.05) is 6.07 Å². The maximum absolute atomic E-state index is 12.1. The van der Waals surface area contributed by atoms with Crippen molar-refractivity contribution >= 4 is 21.6 Å². The molecule has 0 bridgehead atoms. The summed E-state index contributed by atoms with van der Waals surface area (Å²) in [7, 11) is -3.42. The molecule has 0 spiro atoms. The molecule has 7 heteroatoms. The first kappa shape index (κ1) is 17.7. The van der Waals surface area contributed by atoms with E-state index < -0.39 is 16.1 Å². The van der Waals surface area contributed by atoms with Gasteiger partial charge < -0.3 is 10.1 Å². The lowest BCUT2D eigenvalue weighted by Gasteiger charge is -2.23. The maximum atomic E-state index is 12.1. The van der Waals surface area contributed by atoms with Crippen LogP contribution in [0.4, 0.5) is 5.69 Å². The molecule has 1 atom stereocenters. The Bertz CT molecular complexity index is 646. The van der Waals surface area contributed by atoms with Crippen molar-refractivity contribution in [3.63, 3.8) is 0 Å². The van der Waals surface area contributed by atoms with E-state index in [-0.39, 0.29) is 19.0 Å². The van der Waals surface area contributed by atoms with Crippen LogP contribution in [0, 0.1) is 13.8 Å². The molecule has 1 unspecified atom stereocenters. The number of rotatable bonds is 6. The highest BCUT2D eigenvalue weighted by atomic mass is 32.2. The molecule has 2 rings (SSSR count). The molecule has 0 aromatic heterocycles. The number of anilines is 1. The first-order chi connectivity index (χ1) is 10.8. The van der Waals surface area contributed by atoms with E-state index in [4.69, 9.17) is 4.74 Å². The largest absolute Gasteiger partial charge is 0.368 e. The summed E-state index contributed by atoms with van der Waals surface area (Å²) in [6.45, 7) is 4.90. The zero-order chi connectivity index (χ0) is 17.0. The zero-order valence-corrected chi connectivity index (χ0v) is 14.6. The van der Waals surface area contributed by atoms with Crippen LogP contribution in [0.25, 0.3) is 0 Å². The number of nitrogens with one attached hydrogen (secondary N) is 1. The van der Waals surface area contributed by atoms with E-state index in [1.165, 1.54) is 10.6 Å². The van der Waals surface area contributed by atoms with Crippen molar-refractivity contribution in [3.05, 3.63) is 29.3 Å². The van der Waals surface area contributed by atoms with Crippen molar-refractivity contribution in [2.45, 2.75) is 32.8 Å². The molecule has 6 nitrogen and oxygen atoms in total. The van der Waals surface area contributed by atoms with Gasteiger partial charge in [0, 0.05) is 13.2 Å². The van der Waals surface area contributed by atoms with Crippen molar-refractivity contribution in [1.29, 1.82) is 0 Å². The number of hydrogen-bond acceptors (Lipinski definition) is 4. The molecule has 0 radical (unpaired) electrons. The minimum Gasteiger partial charge on any atom is -0.368 e. The summed E-state index contributed by atoms with van der Waals surface area (Å²) in [4.78, 5) is 11.9. The molecule has 1 aliphatic rings. The zero-order valence-electron chi connectivity index (χ0n) is 13.8. The predicted octanol–water partition coefficient (Wildman–Crippen LogP) is 1.36. The second kappa shape index (κ2) is 7.31. The minimum atomic E-state index is -3.42. The number of hydrogen-bond donors (Lipinski definition) is 1. The molecular formula is C16H24N2O4S. The third kappa shape index (κ3) is 4.94. The SMILES string of the molecule is Cc1cc(C)cc(N(CCNC(=O)C2CCCO2)S(C)(=O)=O)c1. The van der Waals surface area contributed by atoms with Gasteiger partial charge >= 0.3 is 0 Å². The summed E-state index contributed by atoms with van der Waals surface area (Å²) in [5, 5.41) is 2.76. The van der Waals surface area contributed by atoms with Crippen LogP contribution in [-0.4, -0.2) is 46.4 Å². The van der Waals surface area contributed by atoms with Crippen LogP contribution in [0.2, 0.25) is 0 Å². The second-order valence-electron chi connectivity index (χ2n) is 5.97. The third-order valence-electron chi connectivity index (χ3n) is 3.73. The Kier molecular flexibility index (Phi) is 5.64. The molecule has 1 aliphatic heterocycles. The monoisotopic (exact) mass is 340 g/mol. The number of benzene rings is 1. The lowest BCUT2D eigenvalue weighted by Crippen LogP contribution is -2.41. The minimum absolute atomic E-state index is 0.170. The molecule has 0 aliphatic carbocycles. The van der Waals surface area contributed by atoms with E-state index in [0.717, 1.165) is 24.0 Å². The first-order valence-electron chi connectivity index (χ1n) is 7.73. The lowest BCUT2D eigenvalue weighted by atomic mass is 10.1. The van der Waals surface area contributed by atoms with Crippen molar-refractivity contribution in [2.24, 2.45) is 0 Å². The molecule has 1 amide bonds. The van der Waals surface area contributed by atoms with E-state index in [0.29, 0.717) is 12.3 Å². The van der Waals surface area contributed by atoms with Gasteiger partial charge in [-0.15, -0.1) is 0 Å². The number of sulfonamides is 1. The van der Waals surface area contributed by atoms with E-state index >= 15 is 0 Å². The highest BCUT2D eigenvalue weighted by Gasteiger charge is 2.24. The second-order valence-corrected chi connectivity index (χ2v) is 7.88. The van der Waals surface area contributed by atoms with Crippen LogP contribution in [-0.2, 0) is 19.6 Å². The quantitative estimate of drug-likeness (QED) is 0.848. The summed E-state index contributed by atoms with van der Waals surface area (Å²) in [6.07, 6.45) is 2.38. The number of carbonyl (C=O) groups excluding carboxylic acids is 1. The van der Waals surface area contributed by atoms with Gasteiger partial charge in [-0.2, -0.15) is 0 Å². The van der Waals surface area contributed by atoms with Gasteiger partial charge in [0.15, 0.2) is 0 Å². The molecule has 0 saturated carbocycles. The van der Waals surface area contributed by atoms with Gasteiger partial charge in [-0.3, -0.25) is 9.10 Å². The number of ether oxygens (including phenoxy) is 1. The Morgan fingerprint density at radius 1 is 1.30 bits per heavy atom. The number of nitrogens with zero attached hydrogens (tertiary/aromatic N) is 1. The average molecular weight is 340 g/mol. The number of aryl methyl sites for hydroxylation is 2. The molecule has 1 saturated heterocycles. The third-order valence-corrected chi connectivity index (χ3v) is 4.93. The molecule has 1 aromatic rings. The summed E-state index contributed by atoms with van der Waals surface area (Å²) in [5.41, 5.74) is 2.62. The van der Waals surface area contributed by atoms with Gasteiger partial charge in [0.05, 0.1) is 18.5 Å². The number of amides is 1. The van der Waals surface area contributed by atoms with Gasteiger partial charge in [0.2, 0.25) is 15.9 Å². The molecular weight excluding hydrogens is 316 g/mol. The molecule has 1 heterocycles. The fourth-order valence-corrected chi connectivity index (χ4v) is 3.67. The molecule has 23 heavy (non-hydrogen) atoms. The Balaban J connectivity index is 2.03. The highest BCUT2D eigenvalue weighted by molar-refractivity contribution is 7.92. The normalized spacial score (nSPS) is 18.0. The van der Waals surface area contributed by atoms with Crippen LogP contribution in [0.15, 0.2) is 18.2 Å². The van der Waals surface area contributed by atoms with E-state index in [2.05, 4.69) is 5.32 Å². The van der Waals surface area contributed by atoms with Gasteiger partial charge in [0.1, 0.15) is 6.10 Å². The fourth-order valence-electron chi connectivity index (χ4n) is 2.76. The topological polar surface area (TPSA) is 75.7 Å². The van der Waals surface area contributed by atoms with Crippen molar-refractivity contribution in [3.8, 4) is 0 Å². The van der Waals surface area contributed by atoms with Crippen LogP contribution >= 0.6 is 0 Å².